The van der Waals surface area contributed by atoms with Crippen molar-refractivity contribution in [3.8, 4) is 0 Å². The van der Waals surface area contributed by atoms with Crippen LogP contribution in [-0.4, -0.2) is 37.2 Å². The standard InChI is InChI=1S/C73H124O6/c1-4-7-10-13-15-17-19-21-23-25-27-29-31-33-35-36-38-39-41-43-45-47-49-51-53-55-57-60-63-66-72(75)78-69-70(68-77-71(74)65-62-59-12-9-6-3)79-73(76)67-64-61-58-56-54-52-50-48-46-44-42-40-37-34-32-30-28-26-24-22-20-18-16-14-11-8-5-2/h8,11,16,18-19,21-22,24-25,27-28,30,34,37,42,44,48,50,70H,4-7,9-10,12-15,17,20,23,26,29,31-33,35-36,38-41,43,45-47,49,51-69H2,1-3H3/b11-8-,18-16-,21-19-,24-22-,27-25-,30-28-,37-34-,44-42-,50-48-. The molecule has 0 aromatic carbocycles. The molecular weight excluding hydrogens is 973 g/mol. The minimum absolute atomic E-state index is 0.0851. The number of rotatable bonds is 60. The maximum absolute atomic E-state index is 12.8. The molecule has 79 heavy (non-hydrogen) atoms. The van der Waals surface area contributed by atoms with Crippen molar-refractivity contribution >= 4 is 17.9 Å². The van der Waals surface area contributed by atoms with Crippen LogP contribution in [0.3, 0.4) is 0 Å². The van der Waals surface area contributed by atoms with E-state index in [4.69, 9.17) is 14.2 Å². The zero-order chi connectivity index (χ0) is 57.1. The van der Waals surface area contributed by atoms with Crippen molar-refractivity contribution in [3.63, 3.8) is 0 Å². The summed E-state index contributed by atoms with van der Waals surface area (Å²) < 4.78 is 16.8. The van der Waals surface area contributed by atoms with Gasteiger partial charge in [0, 0.05) is 19.3 Å². The van der Waals surface area contributed by atoms with E-state index in [1.54, 1.807) is 0 Å². The summed E-state index contributed by atoms with van der Waals surface area (Å²) in [5.74, 6) is -0.911. The summed E-state index contributed by atoms with van der Waals surface area (Å²) >= 11 is 0. The largest absolute Gasteiger partial charge is 0.462 e. The van der Waals surface area contributed by atoms with E-state index in [2.05, 4.69) is 130 Å². The second kappa shape index (κ2) is 66.6. The Morgan fingerprint density at radius 3 is 0.772 bits per heavy atom. The fourth-order valence-electron chi connectivity index (χ4n) is 9.28. The molecule has 0 fully saturated rings. The smallest absolute Gasteiger partial charge is 0.306 e. The summed E-state index contributed by atoms with van der Waals surface area (Å²) in [7, 11) is 0. The molecule has 0 saturated carbocycles. The third-order valence-corrected chi connectivity index (χ3v) is 14.3. The summed E-state index contributed by atoms with van der Waals surface area (Å²) in [6.07, 6.45) is 91.6. The van der Waals surface area contributed by atoms with E-state index in [0.29, 0.717) is 19.3 Å². The van der Waals surface area contributed by atoms with Crippen LogP contribution < -0.4 is 0 Å². The average Bonchev–Trinajstić information content (AvgIpc) is 3.45. The first-order valence-electron chi connectivity index (χ1n) is 33.4. The lowest BCUT2D eigenvalue weighted by molar-refractivity contribution is -0.167. The van der Waals surface area contributed by atoms with Gasteiger partial charge in [0.15, 0.2) is 6.10 Å². The number of esters is 3. The highest BCUT2D eigenvalue weighted by atomic mass is 16.6. The molecule has 0 saturated heterocycles. The van der Waals surface area contributed by atoms with Crippen LogP contribution in [-0.2, 0) is 28.6 Å². The van der Waals surface area contributed by atoms with E-state index < -0.39 is 6.10 Å². The van der Waals surface area contributed by atoms with Crippen molar-refractivity contribution in [2.24, 2.45) is 0 Å². The highest BCUT2D eigenvalue weighted by molar-refractivity contribution is 5.71. The van der Waals surface area contributed by atoms with Crippen LogP contribution in [0.15, 0.2) is 109 Å². The van der Waals surface area contributed by atoms with Crippen molar-refractivity contribution in [2.75, 3.05) is 13.2 Å². The summed E-state index contributed by atoms with van der Waals surface area (Å²) in [5, 5.41) is 0. The molecule has 0 aromatic heterocycles. The first kappa shape index (κ1) is 75.1. The van der Waals surface area contributed by atoms with Crippen molar-refractivity contribution < 1.29 is 28.6 Å². The zero-order valence-corrected chi connectivity index (χ0v) is 51.9. The molecule has 0 N–H and O–H groups in total. The van der Waals surface area contributed by atoms with E-state index in [1.807, 2.05) is 0 Å². The monoisotopic (exact) mass is 1100 g/mol. The third-order valence-electron chi connectivity index (χ3n) is 14.3. The minimum atomic E-state index is -0.787. The van der Waals surface area contributed by atoms with Crippen molar-refractivity contribution in [2.45, 2.75) is 322 Å². The highest BCUT2D eigenvalue weighted by Gasteiger charge is 2.19. The molecule has 1 atom stereocenters. The molecule has 1 unspecified atom stereocenters. The van der Waals surface area contributed by atoms with Gasteiger partial charge in [0.2, 0.25) is 0 Å². The quantitative estimate of drug-likeness (QED) is 0.0261. The van der Waals surface area contributed by atoms with E-state index >= 15 is 0 Å². The van der Waals surface area contributed by atoms with Gasteiger partial charge in [0.05, 0.1) is 0 Å². The van der Waals surface area contributed by atoms with Crippen LogP contribution in [0.2, 0.25) is 0 Å². The second-order valence-corrected chi connectivity index (χ2v) is 22.0. The van der Waals surface area contributed by atoms with Gasteiger partial charge in [-0.15, -0.1) is 0 Å². The lowest BCUT2D eigenvalue weighted by Crippen LogP contribution is -2.30. The highest BCUT2D eigenvalue weighted by Crippen LogP contribution is 2.16. The summed E-state index contributed by atoms with van der Waals surface area (Å²) in [6, 6.07) is 0. The first-order chi connectivity index (χ1) is 39.0. The summed E-state index contributed by atoms with van der Waals surface area (Å²) in [5.41, 5.74) is 0. The maximum atomic E-state index is 12.8. The molecule has 0 aliphatic carbocycles. The van der Waals surface area contributed by atoms with E-state index in [-0.39, 0.29) is 31.1 Å². The molecule has 0 spiro atoms. The van der Waals surface area contributed by atoms with E-state index in [0.717, 1.165) is 135 Å². The molecule has 0 amide bonds. The predicted molar refractivity (Wildman–Crippen MR) is 343 cm³/mol. The van der Waals surface area contributed by atoms with Crippen molar-refractivity contribution in [1.29, 1.82) is 0 Å². The molecule has 0 aliphatic heterocycles. The van der Waals surface area contributed by atoms with Gasteiger partial charge in [0.1, 0.15) is 13.2 Å². The first-order valence-corrected chi connectivity index (χ1v) is 33.4. The third kappa shape index (κ3) is 64.8. The minimum Gasteiger partial charge on any atom is -0.462 e. The molecule has 0 rings (SSSR count). The van der Waals surface area contributed by atoms with E-state index in [9.17, 15) is 14.4 Å². The Morgan fingerprint density at radius 2 is 0.494 bits per heavy atom. The summed E-state index contributed by atoms with van der Waals surface area (Å²) in [6.45, 7) is 6.44. The number of allylic oxidation sites excluding steroid dienone is 18. The number of ether oxygens (including phenoxy) is 3. The van der Waals surface area contributed by atoms with E-state index in [1.165, 1.54) is 141 Å². The molecule has 0 aliphatic rings. The van der Waals surface area contributed by atoms with Gasteiger partial charge in [-0.3, -0.25) is 14.4 Å². The van der Waals surface area contributed by atoms with Crippen LogP contribution in [0.1, 0.15) is 316 Å². The second-order valence-electron chi connectivity index (χ2n) is 22.0. The normalized spacial score (nSPS) is 12.8. The van der Waals surface area contributed by atoms with Gasteiger partial charge in [-0.25, -0.2) is 0 Å². The summed E-state index contributed by atoms with van der Waals surface area (Å²) in [4.78, 5) is 38.0. The van der Waals surface area contributed by atoms with Crippen molar-refractivity contribution in [1.82, 2.24) is 0 Å². The Hall–Kier alpha value is -3.93. The van der Waals surface area contributed by atoms with Crippen molar-refractivity contribution in [3.05, 3.63) is 109 Å². The fraction of sp³-hybridized carbons (Fsp3) is 0.712. The van der Waals surface area contributed by atoms with Gasteiger partial charge in [-0.05, 0) is 109 Å². The van der Waals surface area contributed by atoms with Gasteiger partial charge in [0.25, 0.3) is 0 Å². The van der Waals surface area contributed by atoms with Crippen LogP contribution >= 0.6 is 0 Å². The van der Waals surface area contributed by atoms with Gasteiger partial charge < -0.3 is 14.2 Å². The van der Waals surface area contributed by atoms with Gasteiger partial charge >= 0.3 is 17.9 Å². The number of carbonyl (C=O) groups is 3. The van der Waals surface area contributed by atoms with Crippen LogP contribution in [0, 0.1) is 0 Å². The maximum Gasteiger partial charge on any atom is 0.306 e. The molecule has 0 radical (unpaired) electrons. The molecule has 452 valence electrons. The Bertz CT molecular complexity index is 1590. The van der Waals surface area contributed by atoms with Crippen LogP contribution in [0.4, 0.5) is 0 Å². The van der Waals surface area contributed by atoms with Gasteiger partial charge in [-0.2, -0.15) is 0 Å². The lowest BCUT2D eigenvalue weighted by atomic mass is 10.0. The number of unbranched alkanes of at least 4 members (excludes halogenated alkanes) is 31. The van der Waals surface area contributed by atoms with Crippen LogP contribution in [0.25, 0.3) is 0 Å². The SMILES string of the molecule is CC/C=C\C/C=C\C/C=C\C/C=C\C/C=C\C/C=C\C/C=C\CCCCCCCC(=O)OC(COC(=O)CCCCCCC)COC(=O)CCCCCCCCCCCCCCCCCCC/C=C\C/C=C\CCCCCCC. The molecule has 0 heterocycles. The Balaban J connectivity index is 4.06. The average molecular weight is 1100 g/mol. The Morgan fingerprint density at radius 1 is 0.266 bits per heavy atom. The van der Waals surface area contributed by atoms with Crippen LogP contribution in [0.5, 0.6) is 0 Å². The molecule has 6 nitrogen and oxygen atoms in total. The predicted octanol–water partition coefficient (Wildman–Crippen LogP) is 23.0. The lowest BCUT2D eigenvalue weighted by Gasteiger charge is -2.18. The number of carbonyl (C=O) groups excluding carboxylic acids is 3. The number of hydrogen-bond donors (Lipinski definition) is 0. The Kier molecular flexibility index (Phi) is 63.3. The molecular formula is C73H124O6. The molecule has 0 bridgehead atoms. The molecule has 6 heteroatoms. The van der Waals surface area contributed by atoms with Gasteiger partial charge in [-0.1, -0.05) is 297 Å². The zero-order valence-electron chi connectivity index (χ0n) is 51.9. The number of hydrogen-bond acceptors (Lipinski definition) is 6. The molecule has 0 aromatic rings. The Labute approximate surface area is 489 Å². The fourth-order valence-corrected chi connectivity index (χ4v) is 9.28. The topological polar surface area (TPSA) is 78.9 Å².